The highest BCUT2D eigenvalue weighted by atomic mass is 16.2. The molecule has 1 unspecified atom stereocenters. The lowest BCUT2D eigenvalue weighted by molar-refractivity contribution is -0.138. The Hall–Kier alpha value is -2.14. The quantitative estimate of drug-likeness (QED) is 0.777. The number of benzene rings is 1. The van der Waals surface area contributed by atoms with Crippen molar-refractivity contribution in [1.29, 1.82) is 0 Å². The minimum Gasteiger partial charge on any atom is -0.369 e. The molecular weight excluding hydrogens is 326 g/mol. The highest BCUT2D eigenvalue weighted by molar-refractivity contribution is 5.80. The van der Waals surface area contributed by atoms with Crippen LogP contribution in [0.1, 0.15) is 32.3 Å². The van der Waals surface area contributed by atoms with Gasteiger partial charge in [0.25, 0.3) is 0 Å². The minimum absolute atomic E-state index is 0.0491. The smallest absolute Gasteiger partial charge is 0.231 e. The third-order valence-electron chi connectivity index (χ3n) is 4.57. The van der Waals surface area contributed by atoms with Crippen molar-refractivity contribution < 1.29 is 9.59 Å². The van der Waals surface area contributed by atoms with E-state index < -0.39 is 0 Å². The molecule has 1 aliphatic rings. The molecule has 2 N–H and O–H groups in total. The van der Waals surface area contributed by atoms with Crippen LogP contribution in [0, 0.1) is 11.8 Å². The Balaban J connectivity index is 1.99. The van der Waals surface area contributed by atoms with Gasteiger partial charge in [0.15, 0.2) is 0 Å². The van der Waals surface area contributed by atoms with E-state index in [1.165, 1.54) is 0 Å². The van der Waals surface area contributed by atoms with Crippen molar-refractivity contribution in [3.8, 4) is 0 Å². The molecule has 0 aliphatic carbocycles. The van der Waals surface area contributed by atoms with Gasteiger partial charge in [0.05, 0.1) is 12.5 Å². The maximum absolute atomic E-state index is 13.1. The van der Waals surface area contributed by atoms with Crippen molar-refractivity contribution in [2.24, 2.45) is 17.6 Å². The predicted molar refractivity (Wildman–Crippen MR) is 105 cm³/mol. The number of carbonyl (C=O) groups excluding carboxylic acids is 2. The van der Waals surface area contributed by atoms with E-state index in [1.807, 2.05) is 40.1 Å². The molecule has 1 aromatic carbocycles. The average Bonchev–Trinajstić information content (AvgIpc) is 2.60. The van der Waals surface area contributed by atoms with E-state index in [1.54, 1.807) is 0 Å². The van der Waals surface area contributed by atoms with Gasteiger partial charge in [0, 0.05) is 19.6 Å². The molecule has 0 saturated carbocycles. The summed E-state index contributed by atoms with van der Waals surface area (Å²) in [6.07, 6.45) is 5.92. The normalized spacial score (nSPS) is 18.3. The third-order valence-corrected chi connectivity index (χ3v) is 4.57. The van der Waals surface area contributed by atoms with Crippen LogP contribution in [0.2, 0.25) is 0 Å². The molecule has 5 nitrogen and oxygen atoms in total. The first kappa shape index (κ1) is 20.2. The lowest BCUT2D eigenvalue weighted by Crippen LogP contribution is -2.47. The second-order valence-corrected chi connectivity index (χ2v) is 7.49. The molecule has 1 aromatic rings. The molecule has 5 heteroatoms. The summed E-state index contributed by atoms with van der Waals surface area (Å²) in [5.74, 6) is 0.217. The minimum atomic E-state index is -0.331. The van der Waals surface area contributed by atoms with E-state index in [4.69, 9.17) is 5.73 Å². The largest absolute Gasteiger partial charge is 0.369 e. The summed E-state index contributed by atoms with van der Waals surface area (Å²) >= 11 is 0. The van der Waals surface area contributed by atoms with E-state index in [9.17, 15) is 9.59 Å². The third kappa shape index (κ3) is 6.64. The topological polar surface area (TPSA) is 66.6 Å². The number of rotatable bonds is 8. The van der Waals surface area contributed by atoms with Crippen molar-refractivity contribution in [2.75, 3.05) is 32.7 Å². The Bertz CT molecular complexity index is 613. The number of piperidine rings is 1. The number of likely N-dealkylation sites (tertiary alicyclic amines) is 1. The molecule has 1 atom stereocenters. The molecule has 2 rings (SSSR count). The van der Waals surface area contributed by atoms with Gasteiger partial charge in [-0.2, -0.15) is 0 Å². The SMILES string of the molecule is CC(C)CN(CC=Cc1ccccc1)C(=O)C1CCCN(CC(N)=O)C1. The molecule has 1 saturated heterocycles. The van der Waals surface area contributed by atoms with Crippen molar-refractivity contribution in [3.05, 3.63) is 42.0 Å². The van der Waals surface area contributed by atoms with Crippen LogP contribution in [0.5, 0.6) is 0 Å². The average molecular weight is 357 g/mol. The molecule has 2 amide bonds. The number of hydrogen-bond donors (Lipinski definition) is 1. The van der Waals surface area contributed by atoms with Gasteiger partial charge in [-0.3, -0.25) is 14.5 Å². The first-order valence-electron chi connectivity index (χ1n) is 9.46. The Kier molecular flexibility index (Phi) is 7.85. The van der Waals surface area contributed by atoms with Crippen LogP contribution in [-0.2, 0) is 9.59 Å². The Morgan fingerprint density at radius 2 is 2.04 bits per heavy atom. The lowest BCUT2D eigenvalue weighted by Gasteiger charge is -2.34. The molecule has 1 heterocycles. The summed E-state index contributed by atoms with van der Waals surface area (Å²) in [5, 5.41) is 0. The summed E-state index contributed by atoms with van der Waals surface area (Å²) in [6.45, 7) is 7.30. The summed E-state index contributed by atoms with van der Waals surface area (Å²) in [7, 11) is 0. The fourth-order valence-electron chi connectivity index (χ4n) is 3.45. The molecule has 26 heavy (non-hydrogen) atoms. The number of primary amides is 1. The van der Waals surface area contributed by atoms with Crippen LogP contribution in [0.4, 0.5) is 0 Å². The fourth-order valence-corrected chi connectivity index (χ4v) is 3.45. The molecule has 0 radical (unpaired) electrons. The van der Waals surface area contributed by atoms with Crippen LogP contribution < -0.4 is 5.73 Å². The zero-order valence-corrected chi connectivity index (χ0v) is 15.9. The maximum Gasteiger partial charge on any atom is 0.231 e. The molecule has 1 aliphatic heterocycles. The van der Waals surface area contributed by atoms with Gasteiger partial charge in [-0.1, -0.05) is 56.3 Å². The van der Waals surface area contributed by atoms with Crippen molar-refractivity contribution in [2.45, 2.75) is 26.7 Å². The van der Waals surface area contributed by atoms with Gasteiger partial charge in [0.1, 0.15) is 0 Å². The highest BCUT2D eigenvalue weighted by Crippen LogP contribution is 2.19. The number of nitrogens with zero attached hydrogens (tertiary/aromatic N) is 2. The molecule has 0 bridgehead atoms. The molecule has 142 valence electrons. The summed E-state index contributed by atoms with van der Waals surface area (Å²) in [5.41, 5.74) is 6.44. The van der Waals surface area contributed by atoms with Gasteiger partial charge in [-0.15, -0.1) is 0 Å². The maximum atomic E-state index is 13.1. The number of carbonyl (C=O) groups is 2. The van der Waals surface area contributed by atoms with E-state index in [2.05, 4.69) is 26.0 Å². The van der Waals surface area contributed by atoms with Gasteiger partial charge >= 0.3 is 0 Å². The fraction of sp³-hybridized carbons (Fsp3) is 0.524. The van der Waals surface area contributed by atoms with Gasteiger partial charge < -0.3 is 10.6 Å². The lowest BCUT2D eigenvalue weighted by atomic mass is 9.96. The Morgan fingerprint density at radius 3 is 2.69 bits per heavy atom. The van der Waals surface area contributed by atoms with E-state index in [-0.39, 0.29) is 24.3 Å². The van der Waals surface area contributed by atoms with Crippen LogP contribution in [0.3, 0.4) is 0 Å². The van der Waals surface area contributed by atoms with Crippen molar-refractivity contribution in [3.63, 3.8) is 0 Å². The van der Waals surface area contributed by atoms with Crippen LogP contribution in [0.15, 0.2) is 36.4 Å². The summed E-state index contributed by atoms with van der Waals surface area (Å²) in [4.78, 5) is 28.2. The Morgan fingerprint density at radius 1 is 1.31 bits per heavy atom. The standard InChI is InChI=1S/C21H31N3O2/c1-17(2)14-24(13-6-10-18-8-4-3-5-9-18)21(26)19-11-7-12-23(15-19)16-20(22)25/h3-6,8-10,17,19H,7,11-16H2,1-2H3,(H2,22,25). The second-order valence-electron chi connectivity index (χ2n) is 7.49. The molecular formula is C21H31N3O2. The molecule has 0 spiro atoms. The summed E-state index contributed by atoms with van der Waals surface area (Å²) < 4.78 is 0. The summed E-state index contributed by atoms with van der Waals surface area (Å²) in [6, 6.07) is 10.1. The monoisotopic (exact) mass is 357 g/mol. The zero-order chi connectivity index (χ0) is 18.9. The van der Waals surface area contributed by atoms with Gasteiger partial charge in [-0.05, 0) is 30.9 Å². The first-order chi connectivity index (χ1) is 12.5. The van der Waals surface area contributed by atoms with Crippen LogP contribution in [0.25, 0.3) is 6.08 Å². The molecule has 1 fully saturated rings. The van der Waals surface area contributed by atoms with E-state index >= 15 is 0 Å². The van der Waals surface area contributed by atoms with Crippen LogP contribution in [-0.4, -0.2) is 54.3 Å². The van der Waals surface area contributed by atoms with Crippen molar-refractivity contribution in [1.82, 2.24) is 9.80 Å². The van der Waals surface area contributed by atoms with E-state index in [0.717, 1.165) is 31.5 Å². The van der Waals surface area contributed by atoms with E-state index in [0.29, 0.717) is 19.0 Å². The first-order valence-corrected chi connectivity index (χ1v) is 9.46. The van der Waals surface area contributed by atoms with Gasteiger partial charge in [0.2, 0.25) is 11.8 Å². The number of nitrogens with two attached hydrogens (primary N) is 1. The second kappa shape index (κ2) is 10.1. The number of hydrogen-bond acceptors (Lipinski definition) is 3. The van der Waals surface area contributed by atoms with Gasteiger partial charge in [-0.25, -0.2) is 0 Å². The number of amides is 2. The predicted octanol–water partition coefficient (Wildman–Crippen LogP) is 2.38. The van der Waals surface area contributed by atoms with Crippen molar-refractivity contribution >= 4 is 17.9 Å². The Labute approximate surface area is 156 Å². The highest BCUT2D eigenvalue weighted by Gasteiger charge is 2.29. The zero-order valence-electron chi connectivity index (χ0n) is 15.9. The molecule has 0 aromatic heterocycles. The van der Waals surface area contributed by atoms with Crippen LogP contribution >= 0.6 is 0 Å².